The summed E-state index contributed by atoms with van der Waals surface area (Å²) in [5.41, 5.74) is 19.2. The van der Waals surface area contributed by atoms with E-state index in [9.17, 15) is 0 Å². The summed E-state index contributed by atoms with van der Waals surface area (Å²) in [6.07, 6.45) is 19.5. The molecule has 0 amide bonds. The van der Waals surface area contributed by atoms with E-state index in [4.69, 9.17) is 11.3 Å². The second kappa shape index (κ2) is 13.0. The maximum Gasteiger partial charge on any atom is 0.128 e. The Labute approximate surface area is 315 Å². The van der Waals surface area contributed by atoms with Crippen LogP contribution in [0.1, 0.15) is 40.7 Å². The molecule has 0 bridgehead atoms. The second-order valence-corrected chi connectivity index (χ2v) is 14.1. The highest BCUT2D eigenvalue weighted by Gasteiger charge is 2.36. The lowest BCUT2D eigenvalue weighted by molar-refractivity contribution is 0.269. The quantitative estimate of drug-likeness (QED) is 0.0960. The van der Waals surface area contributed by atoms with Crippen LogP contribution < -0.4 is 4.74 Å². The smallest absolute Gasteiger partial charge is 0.128 e. The normalized spacial score (nSPS) is 16.6. The van der Waals surface area contributed by atoms with Crippen LogP contribution in [0.25, 0.3) is 77.9 Å². The van der Waals surface area contributed by atoms with Crippen molar-refractivity contribution in [2.24, 2.45) is 0 Å². The molecule has 1 heteroatoms. The Bertz CT molecular complexity index is 2890. The maximum atomic E-state index is 6.62. The van der Waals surface area contributed by atoms with Gasteiger partial charge in [0.25, 0.3) is 0 Å². The van der Waals surface area contributed by atoms with Gasteiger partial charge in [0.05, 0.1) is 0 Å². The minimum absolute atomic E-state index is 0.0292. The first-order valence-corrected chi connectivity index (χ1v) is 18.6. The average molecular weight is 689 g/mol. The Morgan fingerprint density at radius 2 is 1.30 bits per heavy atom. The predicted octanol–water partition coefficient (Wildman–Crippen LogP) is 13.9. The number of rotatable bonds is 6. The van der Waals surface area contributed by atoms with E-state index in [1.165, 1.54) is 65.7 Å². The van der Waals surface area contributed by atoms with Gasteiger partial charge in [0.15, 0.2) is 0 Å². The molecule has 10 rings (SSSR count). The topological polar surface area (TPSA) is 9.23 Å². The SMILES string of the molecule is C=C(/C=C\C(=C/C)c1ccc2c(c1-c1cc3c(c4ccccc14)C=C=C=C3)C1C=CC=CC1O2)c1c2ccccc2c(-c2ccccc2)c2ccccc12. The maximum absolute atomic E-state index is 6.62. The van der Waals surface area contributed by atoms with Gasteiger partial charge in [-0.1, -0.05) is 164 Å². The molecule has 0 aromatic heterocycles. The third-order valence-electron chi connectivity index (χ3n) is 11.2. The van der Waals surface area contributed by atoms with Crippen LogP contribution in [0.5, 0.6) is 5.75 Å². The Kier molecular flexibility index (Phi) is 7.64. The van der Waals surface area contributed by atoms with Crippen LogP contribution in [0, 0.1) is 0 Å². The molecule has 2 atom stereocenters. The minimum atomic E-state index is -0.0292. The van der Waals surface area contributed by atoms with E-state index in [1.807, 2.05) is 0 Å². The summed E-state index contributed by atoms with van der Waals surface area (Å²) < 4.78 is 6.62. The van der Waals surface area contributed by atoms with E-state index in [0.29, 0.717) is 0 Å². The zero-order valence-corrected chi connectivity index (χ0v) is 30.0. The van der Waals surface area contributed by atoms with E-state index in [2.05, 4.69) is 194 Å². The lowest BCUT2D eigenvalue weighted by Crippen LogP contribution is -2.16. The fourth-order valence-electron chi connectivity index (χ4n) is 8.82. The average Bonchev–Trinajstić information content (AvgIpc) is 3.62. The monoisotopic (exact) mass is 688 g/mol. The molecule has 1 nitrogen and oxygen atoms in total. The van der Waals surface area contributed by atoms with E-state index in [0.717, 1.165) is 33.6 Å². The standard InChI is InChI=1S/C53H36O/c1-3-35(30-29-34(2)50-42-23-11-13-25-44(42)51(36-17-5-4-6-18-36)45-26-14-12-24-43(45)50)39-31-32-49-53(46-27-15-16-28-48(46)54-49)52(39)47-33-37-19-7-8-20-38(37)40-21-9-10-22-41(40)47/h3-6,9-33,46,48H,2H2,1H3/b30-29-,35-3+. The molecule has 2 aliphatic carbocycles. The van der Waals surface area contributed by atoms with Crippen molar-refractivity contribution < 1.29 is 4.74 Å². The third-order valence-corrected chi connectivity index (χ3v) is 11.2. The molecule has 254 valence electrons. The van der Waals surface area contributed by atoms with Gasteiger partial charge in [0.2, 0.25) is 0 Å². The van der Waals surface area contributed by atoms with Gasteiger partial charge >= 0.3 is 0 Å². The van der Waals surface area contributed by atoms with Gasteiger partial charge in [0.1, 0.15) is 11.9 Å². The second-order valence-electron chi connectivity index (χ2n) is 14.1. The Balaban J connectivity index is 1.16. The van der Waals surface area contributed by atoms with Crippen molar-refractivity contribution in [3.8, 4) is 28.0 Å². The number of hydrogen-bond acceptors (Lipinski definition) is 1. The third kappa shape index (κ3) is 5.03. The van der Waals surface area contributed by atoms with E-state index >= 15 is 0 Å². The van der Waals surface area contributed by atoms with E-state index in [1.54, 1.807) is 0 Å². The molecule has 0 N–H and O–H groups in total. The van der Waals surface area contributed by atoms with Crippen molar-refractivity contribution in [3.63, 3.8) is 0 Å². The highest BCUT2D eigenvalue weighted by Crippen LogP contribution is 2.51. The van der Waals surface area contributed by atoms with Gasteiger partial charge in [-0.2, -0.15) is 0 Å². The van der Waals surface area contributed by atoms with Crippen molar-refractivity contribution >= 4 is 55.6 Å². The largest absolute Gasteiger partial charge is 0.485 e. The first-order valence-electron chi connectivity index (χ1n) is 18.6. The van der Waals surface area contributed by atoms with Crippen LogP contribution in [0.15, 0.2) is 182 Å². The van der Waals surface area contributed by atoms with E-state index in [-0.39, 0.29) is 12.0 Å². The molecule has 0 saturated carbocycles. The molecule has 0 fully saturated rings. The zero-order valence-electron chi connectivity index (χ0n) is 30.0. The number of fused-ring (bicyclic) bond motifs is 8. The Morgan fingerprint density at radius 1 is 0.648 bits per heavy atom. The number of allylic oxidation sites excluding steroid dienone is 7. The van der Waals surface area contributed by atoms with Crippen LogP contribution in [0.2, 0.25) is 0 Å². The lowest BCUT2D eigenvalue weighted by Gasteiger charge is -2.22. The molecule has 7 aromatic carbocycles. The summed E-state index contributed by atoms with van der Waals surface area (Å²) in [6.45, 7) is 6.87. The summed E-state index contributed by atoms with van der Waals surface area (Å²) >= 11 is 0. The Morgan fingerprint density at radius 3 is 2.04 bits per heavy atom. The van der Waals surface area contributed by atoms with Crippen LogP contribution in [-0.4, -0.2) is 6.10 Å². The van der Waals surface area contributed by atoms with Crippen molar-refractivity contribution in [3.05, 3.63) is 210 Å². The lowest BCUT2D eigenvalue weighted by atomic mass is 9.80. The van der Waals surface area contributed by atoms with Gasteiger partial charge in [-0.3, -0.25) is 0 Å². The van der Waals surface area contributed by atoms with Gasteiger partial charge < -0.3 is 4.74 Å². The first-order chi connectivity index (χ1) is 26.7. The van der Waals surface area contributed by atoms with E-state index < -0.39 is 0 Å². The molecule has 3 aliphatic rings. The molecular weight excluding hydrogens is 653 g/mol. The molecule has 1 heterocycles. The van der Waals surface area contributed by atoms with Crippen molar-refractivity contribution in [2.45, 2.75) is 18.9 Å². The molecule has 2 unspecified atom stereocenters. The number of hydrogen-bond donors (Lipinski definition) is 0. The molecule has 0 spiro atoms. The summed E-state index contributed by atoms with van der Waals surface area (Å²) in [7, 11) is 0. The Hall–Kier alpha value is -6.88. The molecule has 0 saturated heterocycles. The number of benzene rings is 7. The highest BCUT2D eigenvalue weighted by molar-refractivity contribution is 6.19. The van der Waals surface area contributed by atoms with Crippen LogP contribution >= 0.6 is 0 Å². The predicted molar refractivity (Wildman–Crippen MR) is 229 cm³/mol. The molecule has 54 heavy (non-hydrogen) atoms. The molecule has 1 aliphatic heterocycles. The molecule has 0 radical (unpaired) electrons. The molecule has 7 aromatic rings. The fourth-order valence-corrected chi connectivity index (χ4v) is 8.82. The van der Waals surface area contributed by atoms with Gasteiger partial charge in [-0.05, 0) is 125 Å². The minimum Gasteiger partial charge on any atom is -0.485 e. The first kappa shape index (κ1) is 31.8. The zero-order chi connectivity index (χ0) is 36.2. The summed E-state index contributed by atoms with van der Waals surface area (Å²) in [5, 5.41) is 7.25. The van der Waals surface area contributed by atoms with Crippen molar-refractivity contribution in [2.75, 3.05) is 0 Å². The van der Waals surface area contributed by atoms with Crippen molar-refractivity contribution in [1.82, 2.24) is 0 Å². The molecular formula is C53H36O. The highest BCUT2D eigenvalue weighted by atomic mass is 16.5. The van der Waals surface area contributed by atoms with Crippen molar-refractivity contribution in [1.29, 1.82) is 0 Å². The summed E-state index contributed by atoms with van der Waals surface area (Å²) in [4.78, 5) is 0. The number of ether oxygens (including phenoxy) is 1. The summed E-state index contributed by atoms with van der Waals surface area (Å²) in [5.74, 6) is 1.06. The van der Waals surface area contributed by atoms with Gasteiger partial charge in [0, 0.05) is 11.5 Å². The van der Waals surface area contributed by atoms with Crippen LogP contribution in [0.4, 0.5) is 0 Å². The fraction of sp³-hybridized carbons (Fsp3) is 0.0566. The van der Waals surface area contributed by atoms with Crippen LogP contribution in [0.3, 0.4) is 0 Å². The summed E-state index contributed by atoms with van der Waals surface area (Å²) in [6, 6.07) is 43.7. The van der Waals surface area contributed by atoms with Gasteiger partial charge in [-0.15, -0.1) is 0 Å². The van der Waals surface area contributed by atoms with Crippen LogP contribution in [-0.2, 0) is 0 Å². The van der Waals surface area contributed by atoms with Gasteiger partial charge in [-0.25, -0.2) is 0 Å².